The van der Waals surface area contributed by atoms with Crippen LogP contribution in [-0.2, 0) is 10.1 Å². The predicted molar refractivity (Wildman–Crippen MR) is 43.3 cm³/mol. The van der Waals surface area contributed by atoms with Crippen LogP contribution in [0.1, 0.15) is 13.8 Å². The van der Waals surface area contributed by atoms with Crippen LogP contribution in [0.2, 0.25) is 0 Å². The van der Waals surface area contributed by atoms with Crippen molar-refractivity contribution in [1.82, 2.24) is 0 Å². The molecule has 0 aromatic rings. The van der Waals surface area contributed by atoms with Gasteiger partial charge in [-0.2, -0.15) is 8.42 Å². The maximum atomic E-state index is 9.56. The largest absolute Gasteiger partial charge is 0.286 e. The maximum Gasteiger partial charge on any atom is 0.264 e. The zero-order valence-electron chi connectivity index (χ0n) is 5.71. The van der Waals surface area contributed by atoms with Crippen LogP contribution >= 0.6 is 23.2 Å². The molecule has 0 aliphatic rings. The summed E-state index contributed by atoms with van der Waals surface area (Å²) in [7, 11) is -3.66. The highest BCUT2D eigenvalue weighted by Gasteiger charge is 1.93. The fourth-order valence-electron chi connectivity index (χ4n) is 0. The zero-order valence-corrected chi connectivity index (χ0v) is 8.04. The average Bonchev–Trinajstić information content (AvgIpc) is 1.63. The van der Waals surface area contributed by atoms with Gasteiger partial charge in [0.15, 0.2) is 0 Å². The lowest BCUT2D eigenvalue weighted by molar-refractivity contribution is 0.484. The Kier molecular flexibility index (Phi) is 8.15. The lowest BCUT2D eigenvalue weighted by Crippen LogP contribution is -1.97. The minimum atomic E-state index is -3.66. The summed E-state index contributed by atoms with van der Waals surface area (Å²) in [6.07, 6.45) is 0. The van der Waals surface area contributed by atoms with Gasteiger partial charge in [-0.15, -0.1) is 23.2 Å². The lowest BCUT2D eigenvalue weighted by Gasteiger charge is -1.79. The van der Waals surface area contributed by atoms with Crippen molar-refractivity contribution in [3.63, 3.8) is 0 Å². The Morgan fingerprint density at radius 2 is 1.60 bits per heavy atom. The topological polar surface area (TPSA) is 54.4 Å². The van der Waals surface area contributed by atoms with E-state index in [-0.39, 0.29) is 10.6 Å². The molecule has 0 saturated carbocycles. The third-order valence-corrected chi connectivity index (χ3v) is 1.09. The van der Waals surface area contributed by atoms with Gasteiger partial charge in [0.1, 0.15) is 4.84 Å². The van der Waals surface area contributed by atoms with Crippen molar-refractivity contribution < 1.29 is 13.0 Å². The second-order valence-corrected chi connectivity index (χ2v) is 4.66. The van der Waals surface area contributed by atoms with Gasteiger partial charge in [-0.05, 0) is 13.8 Å². The van der Waals surface area contributed by atoms with Crippen LogP contribution in [0.3, 0.4) is 0 Å². The molecule has 0 fully saturated rings. The van der Waals surface area contributed by atoms with Crippen LogP contribution in [0.4, 0.5) is 0 Å². The normalized spacial score (nSPS) is 10.6. The Labute approximate surface area is 71.1 Å². The van der Waals surface area contributed by atoms with E-state index in [0.29, 0.717) is 0 Å². The van der Waals surface area contributed by atoms with Crippen LogP contribution in [0.5, 0.6) is 0 Å². The van der Waals surface area contributed by atoms with E-state index in [1.54, 1.807) is 6.92 Å². The van der Waals surface area contributed by atoms with Crippen molar-refractivity contribution >= 4 is 33.3 Å². The first kappa shape index (κ1) is 13.1. The summed E-state index contributed by atoms with van der Waals surface area (Å²) >= 11 is 10.1. The molecule has 0 rings (SSSR count). The fourth-order valence-corrected chi connectivity index (χ4v) is 0. The SMILES string of the molecule is CC(Cl)Cl.CCS(=O)(=O)O. The fraction of sp³-hybridized carbons (Fsp3) is 1.00. The summed E-state index contributed by atoms with van der Waals surface area (Å²) in [6, 6.07) is 0. The second-order valence-electron chi connectivity index (χ2n) is 1.39. The molecule has 6 heteroatoms. The summed E-state index contributed by atoms with van der Waals surface area (Å²) in [5.41, 5.74) is 0. The van der Waals surface area contributed by atoms with Crippen molar-refractivity contribution in [3.8, 4) is 0 Å². The van der Waals surface area contributed by atoms with Gasteiger partial charge in [0.2, 0.25) is 0 Å². The first-order valence-electron chi connectivity index (χ1n) is 2.53. The van der Waals surface area contributed by atoms with Crippen molar-refractivity contribution in [2.75, 3.05) is 5.75 Å². The molecule has 0 bridgehead atoms. The van der Waals surface area contributed by atoms with Gasteiger partial charge in [0, 0.05) is 0 Å². The Morgan fingerprint density at radius 3 is 1.60 bits per heavy atom. The van der Waals surface area contributed by atoms with Gasteiger partial charge in [0.25, 0.3) is 10.1 Å². The van der Waals surface area contributed by atoms with Crippen LogP contribution in [0.15, 0.2) is 0 Å². The average molecular weight is 209 g/mol. The summed E-state index contributed by atoms with van der Waals surface area (Å²) in [4.78, 5) is -0.222. The molecule has 0 aliphatic heterocycles. The summed E-state index contributed by atoms with van der Waals surface area (Å²) in [5.74, 6) is -0.201. The molecule has 10 heavy (non-hydrogen) atoms. The second kappa shape index (κ2) is 6.22. The van der Waals surface area contributed by atoms with E-state index in [1.807, 2.05) is 0 Å². The molecule has 0 aromatic heterocycles. The molecule has 0 aliphatic carbocycles. The van der Waals surface area contributed by atoms with Gasteiger partial charge < -0.3 is 0 Å². The number of hydrogen-bond acceptors (Lipinski definition) is 2. The van der Waals surface area contributed by atoms with E-state index in [9.17, 15) is 8.42 Å². The van der Waals surface area contributed by atoms with Crippen LogP contribution in [-0.4, -0.2) is 23.6 Å². The molecule has 0 saturated heterocycles. The molecule has 0 amide bonds. The van der Waals surface area contributed by atoms with Gasteiger partial charge in [-0.3, -0.25) is 4.55 Å². The van der Waals surface area contributed by atoms with Gasteiger partial charge >= 0.3 is 0 Å². The maximum absolute atomic E-state index is 9.56. The van der Waals surface area contributed by atoms with Crippen LogP contribution in [0.25, 0.3) is 0 Å². The molecule has 0 heterocycles. The van der Waals surface area contributed by atoms with Crippen molar-refractivity contribution in [1.29, 1.82) is 0 Å². The van der Waals surface area contributed by atoms with Gasteiger partial charge in [0.05, 0.1) is 5.75 Å². The van der Waals surface area contributed by atoms with Crippen molar-refractivity contribution in [2.45, 2.75) is 18.7 Å². The van der Waals surface area contributed by atoms with Crippen LogP contribution in [0, 0.1) is 0 Å². The molecule has 0 aromatic carbocycles. The van der Waals surface area contributed by atoms with E-state index < -0.39 is 10.1 Å². The number of alkyl halides is 2. The van der Waals surface area contributed by atoms with Crippen molar-refractivity contribution in [2.24, 2.45) is 0 Å². The van der Waals surface area contributed by atoms with Crippen LogP contribution < -0.4 is 0 Å². The Balaban J connectivity index is 0. The van der Waals surface area contributed by atoms with E-state index in [2.05, 4.69) is 0 Å². The molecule has 3 nitrogen and oxygen atoms in total. The van der Waals surface area contributed by atoms with E-state index >= 15 is 0 Å². The monoisotopic (exact) mass is 208 g/mol. The van der Waals surface area contributed by atoms with E-state index in [1.165, 1.54) is 6.92 Å². The summed E-state index contributed by atoms with van der Waals surface area (Å²) in [5, 5.41) is 0. The van der Waals surface area contributed by atoms with E-state index in [4.69, 9.17) is 27.8 Å². The minimum absolute atomic E-state index is 0.201. The van der Waals surface area contributed by atoms with E-state index in [0.717, 1.165) is 0 Å². The molecule has 0 spiro atoms. The number of halogens is 2. The molecule has 1 N–H and O–H groups in total. The van der Waals surface area contributed by atoms with Gasteiger partial charge in [-0.1, -0.05) is 0 Å². The highest BCUT2D eigenvalue weighted by atomic mass is 35.5. The third-order valence-electron chi connectivity index (χ3n) is 0.365. The minimum Gasteiger partial charge on any atom is -0.286 e. The Bertz CT molecular complexity index is 149. The molecule has 0 radical (unpaired) electrons. The molecule has 64 valence electrons. The smallest absolute Gasteiger partial charge is 0.264 e. The molecular weight excluding hydrogens is 199 g/mol. The first-order valence-corrected chi connectivity index (χ1v) is 5.01. The highest BCUT2D eigenvalue weighted by molar-refractivity contribution is 7.85. The highest BCUT2D eigenvalue weighted by Crippen LogP contribution is 1.95. The molecular formula is C4H10Cl2O3S. The Hall–Kier alpha value is 0.490. The predicted octanol–water partition coefficient (Wildman–Crippen LogP) is 1.70. The molecule has 0 atom stereocenters. The zero-order chi connectivity index (χ0) is 8.78. The van der Waals surface area contributed by atoms with Crippen molar-refractivity contribution in [3.05, 3.63) is 0 Å². The number of hydrogen-bond donors (Lipinski definition) is 1. The summed E-state index contributed by atoms with van der Waals surface area (Å²) in [6.45, 7) is 3.07. The quantitative estimate of drug-likeness (QED) is 0.528. The lowest BCUT2D eigenvalue weighted by atomic mass is 11.0. The third kappa shape index (κ3) is 39.1. The summed E-state index contributed by atoms with van der Waals surface area (Å²) < 4.78 is 26.9. The standard InChI is InChI=1S/C2H4Cl2.C2H6O3S/c1-2(3)4;1-2-6(3,4)5/h2H,1H3;2H2,1H3,(H,3,4,5). The molecule has 0 unspecified atom stereocenters. The van der Waals surface area contributed by atoms with Gasteiger partial charge in [-0.25, -0.2) is 0 Å². The Morgan fingerprint density at radius 1 is 1.50 bits per heavy atom. The number of rotatable bonds is 1. The first-order chi connectivity index (χ1) is 4.29.